The van der Waals surface area contributed by atoms with Gasteiger partial charge >= 0.3 is 0 Å². The summed E-state index contributed by atoms with van der Waals surface area (Å²) in [5.41, 5.74) is 0.902. The van der Waals surface area contributed by atoms with E-state index in [-0.39, 0.29) is 12.6 Å². The first-order chi connectivity index (χ1) is 10.4. The van der Waals surface area contributed by atoms with E-state index in [0.717, 1.165) is 5.56 Å². The van der Waals surface area contributed by atoms with Crippen molar-refractivity contribution < 1.29 is 13.2 Å². The number of hydrogen-bond donors (Lipinski definition) is 1. The highest BCUT2D eigenvalue weighted by atomic mass is 35.5. The first-order valence-corrected chi connectivity index (χ1v) is 8.97. The number of rotatable bonds is 6. The molecular weight excluding hydrogens is 326 g/mol. The number of nitrogens with zero attached hydrogens (tertiary/aromatic N) is 2. The molecule has 0 radical (unpaired) electrons. The van der Waals surface area contributed by atoms with Crippen LogP contribution in [0.2, 0.25) is 5.02 Å². The second kappa shape index (κ2) is 7.72. The van der Waals surface area contributed by atoms with Crippen LogP contribution >= 0.6 is 11.6 Å². The summed E-state index contributed by atoms with van der Waals surface area (Å²) in [6, 6.07) is 7.34. The van der Waals surface area contributed by atoms with Gasteiger partial charge in [0, 0.05) is 30.7 Å². The van der Waals surface area contributed by atoms with E-state index in [9.17, 15) is 8.42 Å². The van der Waals surface area contributed by atoms with Gasteiger partial charge in [0.1, 0.15) is 0 Å². The van der Waals surface area contributed by atoms with Crippen molar-refractivity contribution in [2.24, 2.45) is 0 Å². The van der Waals surface area contributed by atoms with E-state index < -0.39 is 10.2 Å². The Morgan fingerprint density at radius 1 is 1.32 bits per heavy atom. The summed E-state index contributed by atoms with van der Waals surface area (Å²) in [5, 5.41) is 0.631. The predicted molar refractivity (Wildman–Crippen MR) is 87.2 cm³/mol. The number of morpholine rings is 1. The van der Waals surface area contributed by atoms with Crippen LogP contribution in [-0.2, 0) is 14.9 Å². The fourth-order valence-electron chi connectivity index (χ4n) is 2.38. The first kappa shape index (κ1) is 17.7. The Morgan fingerprint density at radius 3 is 2.55 bits per heavy atom. The number of likely N-dealkylation sites (N-methyl/N-ethyl adjacent to an activating group) is 1. The second-order valence-corrected chi connectivity index (χ2v) is 7.53. The van der Waals surface area contributed by atoms with Crippen LogP contribution in [0.25, 0.3) is 0 Å². The van der Waals surface area contributed by atoms with E-state index in [1.165, 1.54) is 4.31 Å². The van der Waals surface area contributed by atoms with E-state index in [1.54, 1.807) is 0 Å². The third-order valence-corrected chi connectivity index (χ3v) is 5.58. The molecule has 22 heavy (non-hydrogen) atoms. The van der Waals surface area contributed by atoms with Crippen LogP contribution in [0.5, 0.6) is 0 Å². The molecule has 1 saturated heterocycles. The summed E-state index contributed by atoms with van der Waals surface area (Å²) >= 11 is 6.23. The fraction of sp³-hybridized carbons (Fsp3) is 0.571. The van der Waals surface area contributed by atoms with Gasteiger partial charge in [-0.1, -0.05) is 29.8 Å². The number of halogens is 1. The lowest BCUT2D eigenvalue weighted by Crippen LogP contribution is -2.48. The Kier molecular flexibility index (Phi) is 6.19. The van der Waals surface area contributed by atoms with Gasteiger partial charge in [-0.25, -0.2) is 4.72 Å². The molecule has 124 valence electrons. The SMILES string of the molecule is CN(C)C(CNS(=O)(=O)N1CCOCC1)c1ccccc1Cl. The third kappa shape index (κ3) is 4.41. The molecule has 1 fully saturated rings. The molecule has 1 aliphatic heterocycles. The Hall–Kier alpha value is -0.700. The largest absolute Gasteiger partial charge is 0.379 e. The Morgan fingerprint density at radius 2 is 1.95 bits per heavy atom. The highest BCUT2D eigenvalue weighted by Gasteiger charge is 2.26. The fourth-order valence-corrected chi connectivity index (χ4v) is 3.82. The minimum Gasteiger partial charge on any atom is -0.379 e. The highest BCUT2D eigenvalue weighted by Crippen LogP contribution is 2.25. The molecule has 0 saturated carbocycles. The lowest BCUT2D eigenvalue weighted by atomic mass is 10.1. The van der Waals surface area contributed by atoms with Gasteiger partial charge in [-0.15, -0.1) is 0 Å². The number of benzene rings is 1. The van der Waals surface area contributed by atoms with Crippen LogP contribution in [0, 0.1) is 0 Å². The normalized spacial score (nSPS) is 18.5. The monoisotopic (exact) mass is 347 g/mol. The van der Waals surface area contributed by atoms with Crippen molar-refractivity contribution in [3.05, 3.63) is 34.9 Å². The van der Waals surface area contributed by atoms with Crippen LogP contribution in [0.15, 0.2) is 24.3 Å². The Labute approximate surface area is 137 Å². The summed E-state index contributed by atoms with van der Waals surface area (Å²) in [6.07, 6.45) is 0. The van der Waals surface area contributed by atoms with Crippen molar-refractivity contribution in [1.82, 2.24) is 13.9 Å². The van der Waals surface area contributed by atoms with E-state index in [4.69, 9.17) is 16.3 Å². The Balaban J connectivity index is 2.07. The van der Waals surface area contributed by atoms with Gasteiger partial charge < -0.3 is 9.64 Å². The average molecular weight is 348 g/mol. The van der Waals surface area contributed by atoms with Crippen LogP contribution < -0.4 is 4.72 Å². The van der Waals surface area contributed by atoms with E-state index in [1.807, 2.05) is 43.3 Å². The zero-order valence-electron chi connectivity index (χ0n) is 12.8. The predicted octanol–water partition coefficient (Wildman–Crippen LogP) is 1.11. The van der Waals surface area contributed by atoms with Gasteiger partial charge in [0.25, 0.3) is 10.2 Å². The summed E-state index contributed by atoms with van der Waals surface area (Å²) < 4.78 is 33.9. The van der Waals surface area contributed by atoms with Crippen molar-refractivity contribution in [2.75, 3.05) is 46.9 Å². The van der Waals surface area contributed by atoms with Crippen molar-refractivity contribution >= 4 is 21.8 Å². The first-order valence-electron chi connectivity index (χ1n) is 7.15. The van der Waals surface area contributed by atoms with Crippen LogP contribution in [0.1, 0.15) is 11.6 Å². The van der Waals surface area contributed by atoms with Crippen molar-refractivity contribution in [1.29, 1.82) is 0 Å². The summed E-state index contributed by atoms with van der Waals surface area (Å²) in [4.78, 5) is 1.95. The van der Waals surface area contributed by atoms with Crippen molar-refractivity contribution in [2.45, 2.75) is 6.04 Å². The third-order valence-electron chi connectivity index (χ3n) is 3.66. The maximum atomic E-state index is 12.3. The number of hydrogen-bond acceptors (Lipinski definition) is 4. The summed E-state index contributed by atoms with van der Waals surface area (Å²) in [6.45, 7) is 1.89. The lowest BCUT2D eigenvalue weighted by molar-refractivity contribution is 0.0724. The smallest absolute Gasteiger partial charge is 0.279 e. The maximum Gasteiger partial charge on any atom is 0.279 e. The summed E-state index contributed by atoms with van der Waals surface area (Å²) in [7, 11) is 0.300. The van der Waals surface area contributed by atoms with Gasteiger partial charge in [-0.2, -0.15) is 12.7 Å². The van der Waals surface area contributed by atoms with Gasteiger partial charge in [0.15, 0.2) is 0 Å². The average Bonchev–Trinajstić information content (AvgIpc) is 2.50. The highest BCUT2D eigenvalue weighted by molar-refractivity contribution is 7.87. The molecule has 6 nitrogen and oxygen atoms in total. The minimum absolute atomic E-state index is 0.135. The molecule has 0 aliphatic carbocycles. The van der Waals surface area contributed by atoms with E-state index >= 15 is 0 Å². The van der Waals surface area contributed by atoms with E-state index in [0.29, 0.717) is 31.3 Å². The quantitative estimate of drug-likeness (QED) is 0.837. The number of nitrogens with one attached hydrogen (secondary N) is 1. The van der Waals surface area contributed by atoms with Gasteiger partial charge in [0.2, 0.25) is 0 Å². The van der Waals surface area contributed by atoms with Crippen molar-refractivity contribution in [3.63, 3.8) is 0 Å². The molecule has 0 aromatic heterocycles. The molecule has 0 spiro atoms. The van der Waals surface area contributed by atoms with Gasteiger partial charge in [-0.05, 0) is 25.7 Å². The molecule has 0 amide bonds. The zero-order valence-corrected chi connectivity index (χ0v) is 14.4. The Bertz CT molecular complexity index is 589. The molecular formula is C14H22ClN3O3S. The molecule has 1 N–H and O–H groups in total. The van der Waals surface area contributed by atoms with Crippen LogP contribution in [0.4, 0.5) is 0 Å². The lowest BCUT2D eigenvalue weighted by Gasteiger charge is -2.29. The van der Waals surface area contributed by atoms with Crippen molar-refractivity contribution in [3.8, 4) is 0 Å². The topological polar surface area (TPSA) is 61.9 Å². The minimum atomic E-state index is -3.50. The summed E-state index contributed by atoms with van der Waals surface area (Å²) in [5.74, 6) is 0. The molecule has 1 aliphatic rings. The van der Waals surface area contributed by atoms with Gasteiger partial charge in [0.05, 0.1) is 13.2 Å². The molecule has 0 bridgehead atoms. The molecule has 1 aromatic carbocycles. The molecule has 1 atom stereocenters. The zero-order chi connectivity index (χ0) is 16.2. The molecule has 8 heteroatoms. The maximum absolute atomic E-state index is 12.3. The second-order valence-electron chi connectivity index (χ2n) is 5.37. The molecule has 1 aromatic rings. The molecule has 1 unspecified atom stereocenters. The molecule has 2 rings (SSSR count). The van der Waals surface area contributed by atoms with Crippen LogP contribution in [0.3, 0.4) is 0 Å². The van der Waals surface area contributed by atoms with E-state index in [2.05, 4.69) is 4.72 Å². The standard InChI is InChI=1S/C14H22ClN3O3S/c1-17(2)14(12-5-3-4-6-13(12)15)11-16-22(19,20)18-7-9-21-10-8-18/h3-6,14,16H,7-11H2,1-2H3. The van der Waals surface area contributed by atoms with Gasteiger partial charge in [-0.3, -0.25) is 0 Å². The van der Waals surface area contributed by atoms with Crippen LogP contribution in [-0.4, -0.2) is 64.6 Å². The molecule has 1 heterocycles. The number of ether oxygens (including phenoxy) is 1.